The molecular formula is C16H20O. The van der Waals surface area contributed by atoms with Gasteiger partial charge in [-0.2, -0.15) is 0 Å². The van der Waals surface area contributed by atoms with Gasteiger partial charge < -0.3 is 4.79 Å². The van der Waals surface area contributed by atoms with Gasteiger partial charge in [0.25, 0.3) is 0 Å². The van der Waals surface area contributed by atoms with E-state index in [1.165, 1.54) is 11.1 Å². The summed E-state index contributed by atoms with van der Waals surface area (Å²) in [6, 6.07) is 10.3. The van der Waals surface area contributed by atoms with Crippen LogP contribution in [0.4, 0.5) is 0 Å². The van der Waals surface area contributed by atoms with Crippen LogP contribution >= 0.6 is 0 Å². The number of aldehydes is 1. The number of allylic oxidation sites excluding steroid dienone is 3. The lowest BCUT2D eigenvalue weighted by atomic mass is 10.1. The van der Waals surface area contributed by atoms with Gasteiger partial charge in [0.2, 0.25) is 0 Å². The number of hydrogen-bond acceptors (Lipinski definition) is 1. The summed E-state index contributed by atoms with van der Waals surface area (Å²) in [6.45, 7) is 2.09. The van der Waals surface area contributed by atoms with Crippen molar-refractivity contribution in [3.05, 3.63) is 53.6 Å². The van der Waals surface area contributed by atoms with Crippen molar-refractivity contribution in [2.75, 3.05) is 0 Å². The molecule has 1 rings (SSSR count). The molecule has 0 spiro atoms. The predicted molar refractivity (Wildman–Crippen MR) is 73.8 cm³/mol. The first-order valence-corrected chi connectivity index (χ1v) is 6.14. The zero-order valence-corrected chi connectivity index (χ0v) is 10.4. The second-order valence-corrected chi connectivity index (χ2v) is 4.15. The van der Waals surface area contributed by atoms with Crippen LogP contribution in [0.1, 0.15) is 38.2 Å². The predicted octanol–water partition coefficient (Wildman–Crippen LogP) is 4.41. The third-order valence-corrected chi connectivity index (χ3v) is 2.59. The summed E-state index contributed by atoms with van der Waals surface area (Å²) in [7, 11) is 0. The summed E-state index contributed by atoms with van der Waals surface area (Å²) < 4.78 is 0. The standard InChI is InChI=1S/C16H20O/c1-15(10-8-14-17)9-4-2-5-11-16-12-6-3-7-13-16/h3,5-7,9,11-14H,2,4,8,10H2,1H3. The number of unbranched alkanes of at least 4 members (excludes halogenated alkanes) is 1. The average molecular weight is 228 g/mol. The van der Waals surface area contributed by atoms with Crippen molar-refractivity contribution in [2.24, 2.45) is 0 Å². The molecular weight excluding hydrogens is 208 g/mol. The maximum Gasteiger partial charge on any atom is 0.120 e. The summed E-state index contributed by atoms with van der Waals surface area (Å²) in [5.74, 6) is 0. The monoisotopic (exact) mass is 228 g/mol. The molecule has 90 valence electrons. The number of hydrogen-bond donors (Lipinski definition) is 0. The molecule has 0 N–H and O–H groups in total. The minimum absolute atomic E-state index is 0.641. The quantitative estimate of drug-likeness (QED) is 0.384. The van der Waals surface area contributed by atoms with Crippen LogP contribution in [-0.4, -0.2) is 6.29 Å². The normalized spacial score (nSPS) is 11.9. The van der Waals surface area contributed by atoms with Gasteiger partial charge in [0.1, 0.15) is 6.29 Å². The van der Waals surface area contributed by atoms with Crippen LogP contribution in [-0.2, 0) is 4.79 Å². The second kappa shape index (κ2) is 8.51. The maximum atomic E-state index is 10.2. The highest BCUT2D eigenvalue weighted by atomic mass is 16.1. The fourth-order valence-corrected chi connectivity index (χ4v) is 1.60. The largest absolute Gasteiger partial charge is 0.303 e. The van der Waals surface area contributed by atoms with Crippen LogP contribution in [0.25, 0.3) is 6.08 Å². The van der Waals surface area contributed by atoms with Gasteiger partial charge in [0.15, 0.2) is 0 Å². The van der Waals surface area contributed by atoms with Crippen LogP contribution in [0.3, 0.4) is 0 Å². The minimum atomic E-state index is 0.641. The molecule has 0 saturated carbocycles. The zero-order chi connectivity index (χ0) is 12.3. The summed E-state index contributed by atoms with van der Waals surface area (Å²) in [6.07, 6.45) is 11.2. The Kier molecular flexibility index (Phi) is 6.73. The van der Waals surface area contributed by atoms with E-state index in [4.69, 9.17) is 0 Å². The van der Waals surface area contributed by atoms with E-state index in [-0.39, 0.29) is 0 Å². The lowest BCUT2D eigenvalue weighted by Crippen LogP contribution is -1.79. The molecule has 1 aromatic carbocycles. The molecule has 0 aliphatic heterocycles. The Labute approximate surface area is 104 Å². The third kappa shape index (κ3) is 6.52. The number of rotatable bonds is 7. The molecule has 0 bridgehead atoms. The smallest absolute Gasteiger partial charge is 0.120 e. The first-order chi connectivity index (χ1) is 8.33. The Morgan fingerprint density at radius 1 is 1.12 bits per heavy atom. The average Bonchev–Trinajstić information content (AvgIpc) is 2.37. The van der Waals surface area contributed by atoms with Gasteiger partial charge in [-0.15, -0.1) is 0 Å². The summed E-state index contributed by atoms with van der Waals surface area (Å²) in [5, 5.41) is 0. The van der Waals surface area contributed by atoms with E-state index in [1.54, 1.807) is 0 Å². The van der Waals surface area contributed by atoms with Crippen molar-refractivity contribution in [3.8, 4) is 0 Å². The molecule has 0 fully saturated rings. The van der Waals surface area contributed by atoms with Crippen molar-refractivity contribution >= 4 is 12.4 Å². The highest BCUT2D eigenvalue weighted by molar-refractivity contribution is 5.50. The summed E-state index contributed by atoms with van der Waals surface area (Å²) >= 11 is 0. The fraction of sp³-hybridized carbons (Fsp3) is 0.312. The summed E-state index contributed by atoms with van der Waals surface area (Å²) in [5.41, 5.74) is 2.55. The first-order valence-electron chi connectivity index (χ1n) is 6.14. The third-order valence-electron chi connectivity index (χ3n) is 2.59. The number of carbonyl (C=O) groups is 1. The van der Waals surface area contributed by atoms with Gasteiger partial charge in [-0.3, -0.25) is 0 Å². The van der Waals surface area contributed by atoms with Gasteiger partial charge in [-0.05, 0) is 31.7 Å². The molecule has 0 saturated heterocycles. The zero-order valence-electron chi connectivity index (χ0n) is 10.4. The highest BCUT2D eigenvalue weighted by Crippen LogP contribution is 2.07. The topological polar surface area (TPSA) is 17.1 Å². The van der Waals surface area contributed by atoms with Crippen molar-refractivity contribution < 1.29 is 4.79 Å². The van der Waals surface area contributed by atoms with Crippen LogP contribution in [0.2, 0.25) is 0 Å². The van der Waals surface area contributed by atoms with E-state index >= 15 is 0 Å². The molecule has 0 aromatic heterocycles. The van der Waals surface area contributed by atoms with E-state index in [0.29, 0.717) is 6.42 Å². The van der Waals surface area contributed by atoms with Crippen LogP contribution < -0.4 is 0 Å². The van der Waals surface area contributed by atoms with Gasteiger partial charge in [0, 0.05) is 6.42 Å². The Morgan fingerprint density at radius 3 is 2.59 bits per heavy atom. The number of benzene rings is 1. The first kappa shape index (κ1) is 13.4. The van der Waals surface area contributed by atoms with Crippen LogP contribution in [0.5, 0.6) is 0 Å². The molecule has 0 atom stereocenters. The molecule has 1 heteroatoms. The molecule has 0 radical (unpaired) electrons. The van der Waals surface area contributed by atoms with E-state index < -0.39 is 0 Å². The molecule has 0 heterocycles. The van der Waals surface area contributed by atoms with Crippen LogP contribution in [0.15, 0.2) is 48.1 Å². The van der Waals surface area contributed by atoms with Crippen molar-refractivity contribution in [2.45, 2.75) is 32.6 Å². The highest BCUT2D eigenvalue weighted by Gasteiger charge is 1.88. The fourth-order valence-electron chi connectivity index (χ4n) is 1.60. The Morgan fingerprint density at radius 2 is 1.88 bits per heavy atom. The SMILES string of the molecule is CC(=CCCC=Cc1ccccc1)CCC=O. The maximum absolute atomic E-state index is 10.2. The Hall–Kier alpha value is -1.63. The van der Waals surface area contributed by atoms with Gasteiger partial charge in [-0.1, -0.05) is 54.1 Å². The van der Waals surface area contributed by atoms with E-state index in [0.717, 1.165) is 25.5 Å². The second-order valence-electron chi connectivity index (χ2n) is 4.15. The molecule has 1 nitrogen and oxygen atoms in total. The summed E-state index contributed by atoms with van der Waals surface area (Å²) in [4.78, 5) is 10.2. The van der Waals surface area contributed by atoms with Crippen LogP contribution in [0, 0.1) is 0 Å². The molecule has 0 unspecified atom stereocenters. The van der Waals surface area contributed by atoms with Gasteiger partial charge in [0.05, 0.1) is 0 Å². The molecule has 1 aromatic rings. The lowest BCUT2D eigenvalue weighted by Gasteiger charge is -1.96. The lowest BCUT2D eigenvalue weighted by molar-refractivity contribution is -0.107. The van der Waals surface area contributed by atoms with Gasteiger partial charge >= 0.3 is 0 Å². The van der Waals surface area contributed by atoms with Gasteiger partial charge in [-0.25, -0.2) is 0 Å². The molecule has 17 heavy (non-hydrogen) atoms. The van der Waals surface area contributed by atoms with E-state index in [2.05, 4.69) is 37.3 Å². The molecule has 0 aliphatic carbocycles. The molecule has 0 amide bonds. The Balaban J connectivity index is 2.24. The number of carbonyl (C=O) groups excluding carboxylic acids is 1. The minimum Gasteiger partial charge on any atom is -0.303 e. The van der Waals surface area contributed by atoms with E-state index in [9.17, 15) is 4.79 Å². The molecule has 0 aliphatic rings. The van der Waals surface area contributed by atoms with Crippen molar-refractivity contribution in [1.82, 2.24) is 0 Å². The Bertz CT molecular complexity index is 374. The van der Waals surface area contributed by atoms with Crippen molar-refractivity contribution in [1.29, 1.82) is 0 Å². The van der Waals surface area contributed by atoms with Crippen molar-refractivity contribution in [3.63, 3.8) is 0 Å². The van der Waals surface area contributed by atoms with E-state index in [1.807, 2.05) is 18.2 Å².